The van der Waals surface area contributed by atoms with Crippen molar-refractivity contribution in [2.24, 2.45) is 0 Å². The Labute approximate surface area is 347 Å². The van der Waals surface area contributed by atoms with Crippen molar-refractivity contribution in [3.63, 3.8) is 0 Å². The van der Waals surface area contributed by atoms with Crippen molar-refractivity contribution in [2.75, 3.05) is 4.90 Å². The van der Waals surface area contributed by atoms with E-state index in [1.54, 1.807) is 0 Å². The number of hydrogen-bond donors (Lipinski definition) is 0. The topological polar surface area (TPSA) is 42.4 Å². The van der Waals surface area contributed by atoms with E-state index in [1.807, 2.05) is 24.3 Å². The van der Waals surface area contributed by atoms with Crippen LogP contribution in [0, 0.1) is 0 Å². The van der Waals surface area contributed by atoms with Crippen LogP contribution in [0.1, 0.15) is 25.0 Å². The van der Waals surface area contributed by atoms with Crippen LogP contribution in [0.25, 0.3) is 88.6 Å². The number of anilines is 3. The highest BCUT2D eigenvalue weighted by molar-refractivity contribution is 6.19. The lowest BCUT2D eigenvalue weighted by Crippen LogP contribution is -2.16. The van der Waals surface area contributed by atoms with Crippen LogP contribution in [0.4, 0.5) is 17.1 Å². The van der Waals surface area contributed by atoms with Crippen LogP contribution in [0.3, 0.4) is 0 Å². The first-order valence-corrected chi connectivity index (χ1v) is 20.5. The monoisotopic (exact) mass is 770 g/mol. The van der Waals surface area contributed by atoms with Gasteiger partial charge in [0.15, 0.2) is 11.2 Å². The number of rotatable bonds is 6. The third-order valence-electron chi connectivity index (χ3n) is 12.5. The lowest BCUT2D eigenvalue weighted by atomic mass is 9.82. The minimum atomic E-state index is -0.163. The summed E-state index contributed by atoms with van der Waals surface area (Å²) in [6.07, 6.45) is 0. The smallest absolute Gasteiger partial charge is 0.231 e. The molecule has 1 aliphatic carbocycles. The summed E-state index contributed by atoms with van der Waals surface area (Å²) in [5, 5.41) is 4.17. The fourth-order valence-corrected chi connectivity index (χ4v) is 9.50. The second-order valence-corrected chi connectivity index (χ2v) is 16.3. The van der Waals surface area contributed by atoms with Gasteiger partial charge >= 0.3 is 0 Å². The van der Waals surface area contributed by atoms with E-state index in [9.17, 15) is 0 Å². The van der Waals surface area contributed by atoms with Gasteiger partial charge in [0.1, 0.15) is 11.1 Å². The van der Waals surface area contributed by atoms with E-state index in [2.05, 4.69) is 189 Å². The minimum absolute atomic E-state index is 0.163. The Kier molecular flexibility index (Phi) is 7.54. The van der Waals surface area contributed by atoms with Gasteiger partial charge < -0.3 is 13.7 Å². The van der Waals surface area contributed by atoms with E-state index in [4.69, 9.17) is 13.8 Å². The van der Waals surface area contributed by atoms with Gasteiger partial charge in [-0.25, -0.2) is 4.98 Å². The summed E-state index contributed by atoms with van der Waals surface area (Å²) in [5.74, 6) is 0.545. The van der Waals surface area contributed by atoms with Crippen LogP contribution >= 0.6 is 0 Å². The molecule has 12 rings (SSSR count). The van der Waals surface area contributed by atoms with Gasteiger partial charge in [0, 0.05) is 27.6 Å². The second-order valence-electron chi connectivity index (χ2n) is 16.3. The summed E-state index contributed by atoms with van der Waals surface area (Å²) in [6.45, 7) is 4.67. The van der Waals surface area contributed by atoms with E-state index in [-0.39, 0.29) is 5.41 Å². The average Bonchev–Trinajstić information content (AvgIpc) is 3.97. The van der Waals surface area contributed by atoms with Crippen LogP contribution in [0.2, 0.25) is 0 Å². The maximum atomic E-state index is 7.18. The van der Waals surface area contributed by atoms with E-state index < -0.39 is 0 Å². The molecule has 0 N–H and O–H groups in total. The highest BCUT2D eigenvalue weighted by Gasteiger charge is 2.36. The summed E-state index contributed by atoms with van der Waals surface area (Å²) in [7, 11) is 0. The zero-order chi connectivity index (χ0) is 40.0. The first-order valence-electron chi connectivity index (χ1n) is 20.5. The van der Waals surface area contributed by atoms with Gasteiger partial charge in [-0.2, -0.15) is 0 Å². The van der Waals surface area contributed by atoms with Gasteiger partial charge in [-0.3, -0.25) is 0 Å². The molecule has 2 aromatic heterocycles. The molecule has 60 heavy (non-hydrogen) atoms. The molecule has 9 aromatic carbocycles. The Morgan fingerprint density at radius 2 is 1.08 bits per heavy atom. The molecule has 284 valence electrons. The minimum Gasteiger partial charge on any atom is -0.453 e. The highest BCUT2D eigenvalue weighted by atomic mass is 16.4. The lowest BCUT2D eigenvalue weighted by Gasteiger charge is -2.28. The van der Waals surface area contributed by atoms with Crippen LogP contribution < -0.4 is 4.90 Å². The maximum Gasteiger partial charge on any atom is 0.231 e. The second kappa shape index (κ2) is 13.2. The number of furan rings is 1. The molecule has 0 amide bonds. The first-order chi connectivity index (χ1) is 29.5. The summed E-state index contributed by atoms with van der Waals surface area (Å²) in [4.78, 5) is 7.34. The van der Waals surface area contributed by atoms with Crippen LogP contribution in [0.15, 0.2) is 203 Å². The van der Waals surface area contributed by atoms with Crippen molar-refractivity contribution in [2.45, 2.75) is 19.3 Å². The fraction of sp³-hybridized carbons (Fsp3) is 0.0536. The molecule has 0 fully saturated rings. The quantitative estimate of drug-likeness (QED) is 0.169. The SMILES string of the molecule is CC1(C)c2ccccc2-c2ccc(N(c3ccc(-c4ccc(-c5ccccc5)cc4)cc3)c3cccc4c3oc3c(-c5nc6ccccc6o5)c5ccccc5cc34)cc21. The lowest BCUT2D eigenvalue weighted by molar-refractivity contribution is 0.616. The molecule has 0 saturated heterocycles. The molecule has 0 atom stereocenters. The third-order valence-corrected chi connectivity index (χ3v) is 12.5. The average molecular weight is 771 g/mol. The van der Waals surface area contributed by atoms with Crippen LogP contribution in [-0.2, 0) is 5.41 Å². The van der Waals surface area contributed by atoms with Gasteiger partial charge in [0.25, 0.3) is 0 Å². The van der Waals surface area contributed by atoms with Gasteiger partial charge in [0.05, 0.1) is 11.3 Å². The molecule has 1 aliphatic rings. The standard InChI is InChI=1S/C56H38N2O2/c1-56(2)47-19-9-8-17-43(47)44-32-31-41(34-48(44)56)58(40-29-27-38(28-30-40)37-25-23-36(24-26-37)35-13-4-3-5-14-35)50-21-12-18-45-46-33-39-15-6-7-16-42(39)52(54(46)60-53(45)50)55-57-49-20-10-11-22-51(49)59-55/h3-34H,1-2H3. The van der Waals surface area contributed by atoms with Gasteiger partial charge in [-0.1, -0.05) is 159 Å². The first kappa shape index (κ1) is 34.4. The number of aromatic nitrogens is 1. The summed E-state index contributed by atoms with van der Waals surface area (Å²) < 4.78 is 13.6. The Morgan fingerprint density at radius 1 is 0.450 bits per heavy atom. The molecule has 0 radical (unpaired) electrons. The summed E-state index contributed by atoms with van der Waals surface area (Å²) in [6, 6.07) is 69.1. The van der Waals surface area contributed by atoms with E-state index >= 15 is 0 Å². The Morgan fingerprint density at radius 3 is 1.88 bits per heavy atom. The molecular formula is C56H38N2O2. The molecule has 0 bridgehead atoms. The van der Waals surface area contributed by atoms with Crippen molar-refractivity contribution >= 4 is 60.9 Å². The largest absolute Gasteiger partial charge is 0.453 e. The number of benzene rings is 9. The molecule has 4 heteroatoms. The molecule has 0 spiro atoms. The Bertz CT molecular complexity index is 3410. The normalized spacial score (nSPS) is 13.0. The van der Waals surface area contributed by atoms with Crippen molar-refractivity contribution in [1.29, 1.82) is 0 Å². The molecule has 4 nitrogen and oxygen atoms in total. The van der Waals surface area contributed by atoms with E-state index in [0.29, 0.717) is 5.89 Å². The van der Waals surface area contributed by atoms with Crippen molar-refractivity contribution in [1.82, 2.24) is 4.98 Å². The van der Waals surface area contributed by atoms with Crippen LogP contribution in [0.5, 0.6) is 0 Å². The van der Waals surface area contributed by atoms with Gasteiger partial charge in [-0.05, 0) is 104 Å². The van der Waals surface area contributed by atoms with Crippen LogP contribution in [-0.4, -0.2) is 4.98 Å². The Balaban J connectivity index is 1.05. The fourth-order valence-electron chi connectivity index (χ4n) is 9.50. The van der Waals surface area contributed by atoms with E-state index in [0.717, 1.165) is 72.0 Å². The number of para-hydroxylation sites is 3. The molecule has 0 aliphatic heterocycles. The number of nitrogens with zero attached hydrogens (tertiary/aromatic N) is 2. The predicted octanol–water partition coefficient (Wildman–Crippen LogP) is 15.7. The van der Waals surface area contributed by atoms with Crippen molar-refractivity contribution in [3.8, 4) is 44.8 Å². The molecule has 11 aromatic rings. The Hall–Kier alpha value is -7.69. The maximum absolute atomic E-state index is 7.18. The number of fused-ring (bicyclic) bond motifs is 8. The van der Waals surface area contributed by atoms with Crippen molar-refractivity contribution < 1.29 is 8.83 Å². The third kappa shape index (κ3) is 5.27. The number of hydrogen-bond acceptors (Lipinski definition) is 4. The predicted molar refractivity (Wildman–Crippen MR) is 247 cm³/mol. The number of oxazole rings is 1. The summed E-state index contributed by atoms with van der Waals surface area (Å²) >= 11 is 0. The molecule has 0 saturated carbocycles. The zero-order valence-electron chi connectivity index (χ0n) is 33.2. The molecule has 2 heterocycles. The zero-order valence-corrected chi connectivity index (χ0v) is 33.2. The van der Waals surface area contributed by atoms with Gasteiger partial charge in [-0.15, -0.1) is 0 Å². The highest BCUT2D eigenvalue weighted by Crippen LogP contribution is 2.52. The molecular weight excluding hydrogens is 733 g/mol. The summed E-state index contributed by atoms with van der Waals surface area (Å²) in [5.41, 5.74) is 16.8. The molecule has 0 unspecified atom stereocenters. The van der Waals surface area contributed by atoms with E-state index in [1.165, 1.54) is 38.9 Å². The van der Waals surface area contributed by atoms with Gasteiger partial charge in [0.2, 0.25) is 5.89 Å². The van der Waals surface area contributed by atoms with Crippen molar-refractivity contribution in [3.05, 3.63) is 205 Å².